The molecule has 0 unspecified atom stereocenters. The summed E-state index contributed by atoms with van der Waals surface area (Å²) in [6.07, 6.45) is 1.90. The third kappa shape index (κ3) is 1.49. The zero-order valence-corrected chi connectivity index (χ0v) is 7.20. The fourth-order valence-electron chi connectivity index (χ4n) is 1.47. The molecular weight excluding hydrogens is 152 g/mol. The maximum atomic E-state index is 9.51. The molecule has 0 radical (unpaired) electrons. The van der Waals surface area contributed by atoms with Crippen molar-refractivity contribution in [2.75, 3.05) is 0 Å². The quantitative estimate of drug-likeness (QED) is 0.571. The highest BCUT2D eigenvalue weighted by Gasteiger charge is 2.27. The van der Waals surface area contributed by atoms with Crippen LogP contribution in [0.1, 0.15) is 6.92 Å². The topological polar surface area (TPSA) is 40.5 Å². The van der Waals surface area contributed by atoms with Gasteiger partial charge in [-0.3, -0.25) is 0 Å². The van der Waals surface area contributed by atoms with E-state index in [-0.39, 0.29) is 5.92 Å². The highest BCUT2D eigenvalue weighted by molar-refractivity contribution is 5.30. The molecule has 0 aromatic carbocycles. The van der Waals surface area contributed by atoms with Crippen molar-refractivity contribution >= 4 is 0 Å². The van der Waals surface area contributed by atoms with Gasteiger partial charge in [0.25, 0.3) is 0 Å². The molecule has 3 atom stereocenters. The van der Waals surface area contributed by atoms with Gasteiger partial charge in [-0.05, 0) is 12.5 Å². The van der Waals surface area contributed by atoms with E-state index in [9.17, 15) is 10.2 Å². The molecule has 0 saturated carbocycles. The Morgan fingerprint density at radius 2 is 2.00 bits per heavy atom. The Hall–Kier alpha value is -0.860. The summed E-state index contributed by atoms with van der Waals surface area (Å²) in [5, 5.41) is 18.9. The van der Waals surface area contributed by atoms with Crippen molar-refractivity contribution in [2.45, 2.75) is 19.1 Å². The number of hydrogen-bond acceptors (Lipinski definition) is 2. The lowest BCUT2D eigenvalue weighted by atomic mass is 9.81. The van der Waals surface area contributed by atoms with Gasteiger partial charge < -0.3 is 10.2 Å². The lowest BCUT2D eigenvalue weighted by Crippen LogP contribution is -2.30. The summed E-state index contributed by atoms with van der Waals surface area (Å²) in [6, 6.07) is 0. The van der Waals surface area contributed by atoms with Crippen molar-refractivity contribution in [3.05, 3.63) is 36.5 Å². The maximum Gasteiger partial charge on any atom is 0.0937 e. The summed E-state index contributed by atoms with van der Waals surface area (Å²) in [4.78, 5) is 0. The first kappa shape index (κ1) is 9.23. The van der Waals surface area contributed by atoms with E-state index in [1.54, 1.807) is 12.2 Å². The van der Waals surface area contributed by atoms with Gasteiger partial charge in [0.15, 0.2) is 0 Å². The molecule has 0 amide bonds. The molecule has 2 N–H and O–H groups in total. The van der Waals surface area contributed by atoms with E-state index >= 15 is 0 Å². The monoisotopic (exact) mass is 166 g/mol. The van der Waals surface area contributed by atoms with Gasteiger partial charge in [-0.15, -0.1) is 0 Å². The highest BCUT2D eigenvalue weighted by atomic mass is 16.3. The third-order valence-corrected chi connectivity index (χ3v) is 2.14. The Labute approximate surface area is 72.5 Å². The normalized spacial score (nSPS) is 35.2. The van der Waals surface area contributed by atoms with Gasteiger partial charge >= 0.3 is 0 Å². The van der Waals surface area contributed by atoms with Crippen LogP contribution in [0.2, 0.25) is 0 Å². The van der Waals surface area contributed by atoms with Gasteiger partial charge in [0.2, 0.25) is 0 Å². The molecule has 0 saturated heterocycles. The second kappa shape index (κ2) is 3.25. The van der Waals surface area contributed by atoms with Crippen LogP contribution in [0, 0.1) is 5.92 Å². The van der Waals surface area contributed by atoms with Gasteiger partial charge in [-0.2, -0.15) is 0 Å². The Balaban J connectivity index is 2.92. The predicted molar refractivity (Wildman–Crippen MR) is 48.6 cm³/mol. The van der Waals surface area contributed by atoms with Crippen LogP contribution in [0.4, 0.5) is 0 Å². The number of rotatable bonds is 1. The molecule has 1 aliphatic rings. The van der Waals surface area contributed by atoms with Crippen LogP contribution in [0.15, 0.2) is 36.5 Å². The number of aliphatic hydroxyl groups is 2. The third-order valence-electron chi connectivity index (χ3n) is 2.14. The van der Waals surface area contributed by atoms with E-state index in [1.807, 2.05) is 6.92 Å². The first-order valence-electron chi connectivity index (χ1n) is 3.92. The van der Waals surface area contributed by atoms with Crippen LogP contribution < -0.4 is 0 Å². The largest absolute Gasteiger partial charge is 0.388 e. The zero-order chi connectivity index (χ0) is 9.30. The minimum atomic E-state index is -0.643. The second-order valence-electron chi connectivity index (χ2n) is 3.22. The van der Waals surface area contributed by atoms with Gasteiger partial charge in [0.05, 0.1) is 12.2 Å². The van der Waals surface area contributed by atoms with Gasteiger partial charge in [0, 0.05) is 5.92 Å². The molecule has 66 valence electrons. The fourth-order valence-corrected chi connectivity index (χ4v) is 1.47. The Morgan fingerprint density at radius 3 is 2.42 bits per heavy atom. The molecule has 0 fully saturated rings. The molecule has 0 aromatic rings. The van der Waals surface area contributed by atoms with Crippen molar-refractivity contribution in [3.8, 4) is 0 Å². The van der Waals surface area contributed by atoms with E-state index in [4.69, 9.17) is 0 Å². The highest BCUT2D eigenvalue weighted by Crippen LogP contribution is 2.29. The number of hydrogen-bond donors (Lipinski definition) is 2. The molecule has 2 heteroatoms. The van der Waals surface area contributed by atoms with Crippen LogP contribution >= 0.6 is 0 Å². The van der Waals surface area contributed by atoms with Crippen LogP contribution in [-0.4, -0.2) is 22.4 Å². The smallest absolute Gasteiger partial charge is 0.0937 e. The first-order chi connectivity index (χ1) is 5.54. The molecule has 0 aromatic heterocycles. The summed E-state index contributed by atoms with van der Waals surface area (Å²) in [5.74, 6) is -0.204. The van der Waals surface area contributed by atoms with E-state index in [1.165, 1.54) is 0 Å². The summed E-state index contributed by atoms with van der Waals surface area (Å²) in [6.45, 7) is 9.30. The average molecular weight is 166 g/mol. The second-order valence-corrected chi connectivity index (χ2v) is 3.22. The van der Waals surface area contributed by atoms with Crippen molar-refractivity contribution in [1.82, 2.24) is 0 Å². The summed E-state index contributed by atoms with van der Waals surface area (Å²) in [5.41, 5.74) is 1.45. The molecule has 1 aliphatic carbocycles. The maximum absolute atomic E-state index is 9.51. The summed E-state index contributed by atoms with van der Waals surface area (Å²) >= 11 is 0. The zero-order valence-electron chi connectivity index (χ0n) is 7.20. The van der Waals surface area contributed by atoms with E-state index < -0.39 is 12.2 Å². The standard InChI is InChI=1S/C10H14O2/c1-6(2)10-7(3)8(11)4-5-9(10)12/h4-5,8-12H,1,3H2,2H3/t8-,9-,10+/m0/s1. The summed E-state index contributed by atoms with van der Waals surface area (Å²) < 4.78 is 0. The van der Waals surface area contributed by atoms with Gasteiger partial charge in [-0.25, -0.2) is 0 Å². The molecule has 0 spiro atoms. The molecule has 1 rings (SSSR count). The van der Waals surface area contributed by atoms with Gasteiger partial charge in [0.1, 0.15) is 0 Å². The van der Waals surface area contributed by atoms with Crippen molar-refractivity contribution in [3.63, 3.8) is 0 Å². The molecular formula is C10H14O2. The van der Waals surface area contributed by atoms with Crippen LogP contribution in [0.25, 0.3) is 0 Å². The van der Waals surface area contributed by atoms with E-state index in [2.05, 4.69) is 13.2 Å². The lowest BCUT2D eigenvalue weighted by molar-refractivity contribution is 0.152. The number of aliphatic hydroxyl groups excluding tert-OH is 2. The van der Waals surface area contributed by atoms with Crippen LogP contribution in [0.5, 0.6) is 0 Å². The van der Waals surface area contributed by atoms with Crippen LogP contribution in [-0.2, 0) is 0 Å². The first-order valence-corrected chi connectivity index (χ1v) is 3.92. The summed E-state index contributed by atoms with van der Waals surface area (Å²) in [7, 11) is 0. The average Bonchev–Trinajstić information content (AvgIpc) is 1.97. The minimum Gasteiger partial charge on any atom is -0.388 e. The van der Waals surface area contributed by atoms with Crippen molar-refractivity contribution in [1.29, 1.82) is 0 Å². The molecule has 0 aliphatic heterocycles. The minimum absolute atomic E-state index is 0.204. The molecule has 0 bridgehead atoms. The molecule has 0 heterocycles. The van der Waals surface area contributed by atoms with E-state index in [0.717, 1.165) is 5.57 Å². The van der Waals surface area contributed by atoms with Crippen molar-refractivity contribution < 1.29 is 10.2 Å². The van der Waals surface area contributed by atoms with Crippen molar-refractivity contribution in [2.24, 2.45) is 5.92 Å². The lowest BCUT2D eigenvalue weighted by Gasteiger charge is -2.29. The molecule has 2 nitrogen and oxygen atoms in total. The van der Waals surface area contributed by atoms with E-state index in [0.29, 0.717) is 5.57 Å². The predicted octanol–water partition coefficient (Wildman–Crippen LogP) is 1.03. The van der Waals surface area contributed by atoms with Gasteiger partial charge in [-0.1, -0.05) is 30.9 Å². The molecule has 12 heavy (non-hydrogen) atoms. The fraction of sp³-hybridized carbons (Fsp3) is 0.400. The van der Waals surface area contributed by atoms with Crippen LogP contribution in [0.3, 0.4) is 0 Å². The Kier molecular flexibility index (Phi) is 2.50. The Bertz CT molecular complexity index is 240. The Morgan fingerprint density at radius 1 is 1.42 bits per heavy atom. The SMILES string of the molecule is C=C(C)[C@@H]1C(=C)[C@@H](O)C=C[C@@H]1O.